The second kappa shape index (κ2) is 17.9. The Morgan fingerprint density at radius 1 is 0.613 bits per heavy atom. The van der Waals surface area contributed by atoms with Gasteiger partial charge in [-0.15, -0.1) is 0 Å². The highest BCUT2D eigenvalue weighted by Crippen LogP contribution is 2.45. The molecule has 6 heterocycles. The number of rotatable bonds is 11. The number of aryl methyl sites for hydroxylation is 1. The van der Waals surface area contributed by atoms with Gasteiger partial charge in [0.2, 0.25) is 0 Å². The van der Waals surface area contributed by atoms with Crippen molar-refractivity contribution >= 4 is 11.4 Å². The van der Waals surface area contributed by atoms with Crippen LogP contribution in [0.15, 0.2) is 67.0 Å². The minimum absolute atomic E-state index is 0.308. The molecule has 4 aromatic rings. The molecule has 7 atom stereocenters. The summed E-state index contributed by atoms with van der Waals surface area (Å²) in [7, 11) is 13.6. The molecule has 10 heteroatoms. The first kappa shape index (κ1) is 42.1. The van der Waals surface area contributed by atoms with Crippen molar-refractivity contribution < 1.29 is 0 Å². The molecule has 4 aliphatic heterocycles. The topological polar surface area (TPSA) is 69.3 Å². The summed E-state index contributed by atoms with van der Waals surface area (Å²) in [5.74, 6) is 0.344. The standard InChI is InChI=1S/C52H72N10/c1-57(2)41-19-23-61(33-41)47-15-8-12-36-29-55-39(27-45(36)47)32-60(6)49-18-17-43(44-14-10-22-54-52(44)49)37-25-38-30-56-40(28-46(38)50(26-37)62-24-20-42(34-62)58(3)4)31-59(5)48-16-7-11-35-13-9-21-53-51(35)48/h8-10,12-15,21-22,25-26,39-43,48-49,55-56H,7,11,16-20,23-24,27-34H2,1-6H3/t39-,40-,41+,42-,43?,48+,49+/m1/s1. The largest absolute Gasteiger partial charge is 0.370 e. The van der Waals surface area contributed by atoms with Crippen LogP contribution in [0.25, 0.3) is 0 Å². The van der Waals surface area contributed by atoms with Crippen molar-refractivity contribution in [2.24, 2.45) is 0 Å². The normalized spacial score (nSPS) is 27.2. The zero-order chi connectivity index (χ0) is 42.5. The fourth-order valence-electron chi connectivity index (χ4n) is 12.5. The first-order valence-electron chi connectivity index (χ1n) is 24.0. The lowest BCUT2D eigenvalue weighted by Crippen LogP contribution is -2.46. The van der Waals surface area contributed by atoms with E-state index in [1.165, 1.54) is 76.3 Å². The van der Waals surface area contributed by atoms with Gasteiger partial charge in [-0.2, -0.15) is 0 Å². The Bertz CT molecular complexity index is 2200. The molecule has 330 valence electrons. The van der Waals surface area contributed by atoms with Gasteiger partial charge < -0.3 is 30.2 Å². The average Bonchev–Trinajstić information content (AvgIpc) is 4.00. The van der Waals surface area contributed by atoms with Crippen LogP contribution < -0.4 is 20.4 Å². The van der Waals surface area contributed by atoms with E-state index in [9.17, 15) is 0 Å². The number of likely N-dealkylation sites (N-methyl/N-ethyl adjacent to an activating group) is 4. The fourth-order valence-corrected chi connectivity index (χ4v) is 12.5. The van der Waals surface area contributed by atoms with Crippen molar-refractivity contribution in [1.29, 1.82) is 0 Å². The molecule has 2 aromatic carbocycles. The number of aromatic nitrogens is 2. The third-order valence-electron chi connectivity index (χ3n) is 16.1. The average molecular weight is 837 g/mol. The maximum atomic E-state index is 5.21. The molecule has 0 radical (unpaired) electrons. The van der Waals surface area contributed by atoms with Gasteiger partial charge in [-0.3, -0.25) is 19.8 Å². The third-order valence-corrected chi connectivity index (χ3v) is 16.1. The maximum Gasteiger partial charge on any atom is 0.0613 e. The van der Waals surface area contributed by atoms with E-state index in [4.69, 9.17) is 9.97 Å². The molecule has 62 heavy (non-hydrogen) atoms. The van der Waals surface area contributed by atoms with E-state index in [-0.39, 0.29) is 0 Å². The first-order valence-corrected chi connectivity index (χ1v) is 24.0. The molecule has 10 rings (SSSR count). The fraction of sp³-hybridized carbons (Fsp3) is 0.577. The Labute approximate surface area is 372 Å². The van der Waals surface area contributed by atoms with Crippen LogP contribution in [0.5, 0.6) is 0 Å². The highest BCUT2D eigenvalue weighted by atomic mass is 15.2. The number of nitrogens with one attached hydrogen (secondary N) is 2. The maximum absolute atomic E-state index is 5.21. The van der Waals surface area contributed by atoms with Crippen LogP contribution in [0.4, 0.5) is 11.4 Å². The lowest BCUT2D eigenvalue weighted by Gasteiger charge is -2.40. The van der Waals surface area contributed by atoms with Crippen molar-refractivity contribution in [3.63, 3.8) is 0 Å². The molecule has 10 nitrogen and oxygen atoms in total. The zero-order valence-electron chi connectivity index (χ0n) is 38.5. The summed E-state index contributed by atoms with van der Waals surface area (Å²) in [5.41, 5.74) is 16.0. The van der Waals surface area contributed by atoms with Crippen molar-refractivity contribution in [3.05, 3.63) is 117 Å². The summed E-state index contributed by atoms with van der Waals surface area (Å²) in [6, 6.07) is 23.9. The van der Waals surface area contributed by atoms with Gasteiger partial charge in [0, 0.05) is 106 Å². The van der Waals surface area contributed by atoms with E-state index in [0.717, 1.165) is 84.5 Å². The number of anilines is 2. The van der Waals surface area contributed by atoms with Crippen LogP contribution in [0.3, 0.4) is 0 Å². The zero-order valence-corrected chi connectivity index (χ0v) is 38.5. The monoisotopic (exact) mass is 837 g/mol. The predicted molar refractivity (Wildman–Crippen MR) is 253 cm³/mol. The summed E-state index contributed by atoms with van der Waals surface area (Å²) >= 11 is 0. The SMILES string of the molecule is CN(C)[C@@H]1CCN(c2cc(C3CC[C@H](N(C)C[C@H]4Cc5c(cccc5N5CC[C@H](N(C)C)C5)CN4)c4ncccc43)cc3c2C[C@H](CN(C)[C@H]2CCCc4cccnc42)NC3)C1. The Kier molecular flexibility index (Phi) is 12.2. The van der Waals surface area contributed by atoms with Gasteiger partial charge >= 0.3 is 0 Å². The molecule has 6 aliphatic rings. The third kappa shape index (κ3) is 8.32. The highest BCUT2D eigenvalue weighted by molar-refractivity contribution is 5.63. The number of pyridine rings is 2. The molecule has 2 N–H and O–H groups in total. The Morgan fingerprint density at radius 3 is 1.92 bits per heavy atom. The highest BCUT2D eigenvalue weighted by Gasteiger charge is 2.37. The van der Waals surface area contributed by atoms with E-state index in [1.54, 1.807) is 11.1 Å². The molecule has 2 fully saturated rings. The van der Waals surface area contributed by atoms with Crippen molar-refractivity contribution in [2.75, 3.05) is 91.4 Å². The Hall–Kier alpha value is -3.90. The number of hydrogen-bond donors (Lipinski definition) is 2. The quantitative estimate of drug-likeness (QED) is 0.178. The predicted octanol–water partition coefficient (Wildman–Crippen LogP) is 6.39. The van der Waals surface area contributed by atoms with Crippen LogP contribution in [-0.2, 0) is 32.4 Å². The van der Waals surface area contributed by atoms with Gasteiger partial charge in [0.1, 0.15) is 0 Å². The van der Waals surface area contributed by atoms with Gasteiger partial charge in [0.15, 0.2) is 0 Å². The van der Waals surface area contributed by atoms with E-state index < -0.39 is 0 Å². The van der Waals surface area contributed by atoms with Crippen molar-refractivity contribution in [2.45, 2.75) is 113 Å². The summed E-state index contributed by atoms with van der Waals surface area (Å²) in [4.78, 5) is 25.5. The molecular weight excluding hydrogens is 765 g/mol. The first-order chi connectivity index (χ1) is 30.2. The van der Waals surface area contributed by atoms with Crippen molar-refractivity contribution in [1.82, 2.24) is 40.2 Å². The van der Waals surface area contributed by atoms with Crippen LogP contribution in [0.1, 0.15) is 107 Å². The summed E-state index contributed by atoms with van der Waals surface area (Å²) in [6.45, 7) is 8.38. The summed E-state index contributed by atoms with van der Waals surface area (Å²) in [5, 5.41) is 7.98. The van der Waals surface area contributed by atoms with Crippen LogP contribution in [-0.4, -0.2) is 135 Å². The van der Waals surface area contributed by atoms with Gasteiger partial charge in [-0.05, 0) is 163 Å². The van der Waals surface area contributed by atoms with Crippen LogP contribution >= 0.6 is 0 Å². The smallest absolute Gasteiger partial charge is 0.0613 e. The van der Waals surface area contributed by atoms with Gasteiger partial charge in [0.25, 0.3) is 0 Å². The minimum Gasteiger partial charge on any atom is -0.370 e. The number of nitrogens with zero attached hydrogens (tertiary/aromatic N) is 8. The van der Waals surface area contributed by atoms with Crippen LogP contribution in [0, 0.1) is 0 Å². The molecule has 0 spiro atoms. The second-order valence-corrected chi connectivity index (χ2v) is 20.3. The summed E-state index contributed by atoms with van der Waals surface area (Å²) < 4.78 is 0. The molecular formula is C52H72N10. The molecule has 2 saturated heterocycles. The molecule has 0 saturated carbocycles. The van der Waals surface area contributed by atoms with Crippen LogP contribution in [0.2, 0.25) is 0 Å². The molecule has 2 aliphatic carbocycles. The van der Waals surface area contributed by atoms with Crippen molar-refractivity contribution in [3.8, 4) is 0 Å². The minimum atomic E-state index is 0.308. The Morgan fingerprint density at radius 2 is 1.23 bits per heavy atom. The molecule has 0 amide bonds. The molecule has 0 bridgehead atoms. The lowest BCUT2D eigenvalue weighted by atomic mass is 9.77. The molecule has 1 unspecified atom stereocenters. The van der Waals surface area contributed by atoms with Gasteiger partial charge in [-0.1, -0.05) is 30.3 Å². The lowest BCUT2D eigenvalue weighted by molar-refractivity contribution is 0.187. The van der Waals surface area contributed by atoms with E-state index in [2.05, 4.69) is 137 Å². The van der Waals surface area contributed by atoms with E-state index >= 15 is 0 Å². The number of fused-ring (bicyclic) bond motifs is 4. The van der Waals surface area contributed by atoms with Gasteiger partial charge in [0.05, 0.1) is 23.5 Å². The number of hydrogen-bond acceptors (Lipinski definition) is 10. The second-order valence-electron chi connectivity index (χ2n) is 20.3. The Balaban J connectivity index is 0.877. The summed E-state index contributed by atoms with van der Waals surface area (Å²) in [6.07, 6.45) is 14.4. The molecule has 2 aromatic heterocycles. The van der Waals surface area contributed by atoms with Gasteiger partial charge in [-0.25, -0.2) is 0 Å². The number of benzene rings is 2. The van der Waals surface area contributed by atoms with E-state index in [0.29, 0.717) is 42.2 Å². The van der Waals surface area contributed by atoms with E-state index in [1.807, 2.05) is 12.4 Å².